The first-order chi connectivity index (χ1) is 10.3. The van der Waals surface area contributed by atoms with Gasteiger partial charge in [0.2, 0.25) is 0 Å². The molecule has 2 aromatic carbocycles. The number of hydrogen-bond acceptors (Lipinski definition) is 3. The molecule has 0 atom stereocenters. The maximum absolute atomic E-state index is 5.78. The number of aromatic nitrogens is 3. The normalized spacial score (nSPS) is 10.7. The molecule has 3 N–H and O–H groups in total. The summed E-state index contributed by atoms with van der Waals surface area (Å²) in [6.07, 6.45) is 2.99. The van der Waals surface area contributed by atoms with Gasteiger partial charge in [0.1, 0.15) is 5.82 Å². The second-order valence-corrected chi connectivity index (χ2v) is 5.07. The van der Waals surface area contributed by atoms with Crippen LogP contribution in [0.25, 0.3) is 11.4 Å². The number of nitrogen functional groups attached to an aromatic ring is 1. The van der Waals surface area contributed by atoms with Gasteiger partial charge in [-0.3, -0.25) is 5.10 Å². The van der Waals surface area contributed by atoms with Crippen LogP contribution in [0.15, 0.2) is 54.6 Å². The summed E-state index contributed by atoms with van der Waals surface area (Å²) >= 11 is 0. The van der Waals surface area contributed by atoms with E-state index in [9.17, 15) is 0 Å². The Hall–Kier alpha value is -2.62. The van der Waals surface area contributed by atoms with Crippen molar-refractivity contribution in [2.75, 3.05) is 5.73 Å². The molecule has 0 radical (unpaired) electrons. The first-order valence-electron chi connectivity index (χ1n) is 7.12. The van der Waals surface area contributed by atoms with Gasteiger partial charge in [-0.25, -0.2) is 4.98 Å². The molecule has 0 aliphatic heterocycles. The summed E-state index contributed by atoms with van der Waals surface area (Å²) < 4.78 is 0. The van der Waals surface area contributed by atoms with Crippen molar-refractivity contribution in [3.05, 3.63) is 66.0 Å². The molecule has 4 nitrogen and oxygen atoms in total. The van der Waals surface area contributed by atoms with Crippen LogP contribution < -0.4 is 5.73 Å². The third-order valence-electron chi connectivity index (χ3n) is 3.40. The molecule has 106 valence electrons. The highest BCUT2D eigenvalue weighted by Gasteiger charge is 2.06. The SMILES string of the molecule is Nc1cccc(-c2n[nH]c(CCCc3ccccc3)n2)c1. The quantitative estimate of drug-likeness (QED) is 0.704. The molecule has 0 spiro atoms. The van der Waals surface area contributed by atoms with Gasteiger partial charge >= 0.3 is 0 Å². The van der Waals surface area contributed by atoms with E-state index >= 15 is 0 Å². The predicted octanol–water partition coefficient (Wildman–Crippen LogP) is 3.23. The number of aryl methyl sites for hydroxylation is 2. The van der Waals surface area contributed by atoms with Crippen molar-refractivity contribution in [1.82, 2.24) is 15.2 Å². The fraction of sp³-hybridized carbons (Fsp3) is 0.176. The lowest BCUT2D eigenvalue weighted by Crippen LogP contribution is -1.92. The van der Waals surface area contributed by atoms with Crippen LogP contribution in [0.3, 0.4) is 0 Å². The summed E-state index contributed by atoms with van der Waals surface area (Å²) in [6.45, 7) is 0. The lowest BCUT2D eigenvalue weighted by molar-refractivity contribution is 0.775. The molecule has 1 aromatic heterocycles. The number of benzene rings is 2. The van der Waals surface area contributed by atoms with Gasteiger partial charge in [-0.05, 0) is 30.5 Å². The Morgan fingerprint density at radius 2 is 1.81 bits per heavy atom. The van der Waals surface area contributed by atoms with Gasteiger partial charge in [-0.1, -0.05) is 42.5 Å². The van der Waals surface area contributed by atoms with E-state index in [-0.39, 0.29) is 0 Å². The lowest BCUT2D eigenvalue weighted by Gasteiger charge is -1.99. The van der Waals surface area contributed by atoms with Crippen LogP contribution in [0.4, 0.5) is 5.69 Å². The summed E-state index contributed by atoms with van der Waals surface area (Å²) in [6, 6.07) is 18.1. The second kappa shape index (κ2) is 6.22. The van der Waals surface area contributed by atoms with Gasteiger partial charge < -0.3 is 5.73 Å². The maximum Gasteiger partial charge on any atom is 0.181 e. The van der Waals surface area contributed by atoms with Crippen molar-refractivity contribution in [2.24, 2.45) is 0 Å². The smallest absolute Gasteiger partial charge is 0.181 e. The number of aromatic amines is 1. The standard InChI is InChI=1S/C17H18N4/c18-15-10-5-9-14(12-15)17-19-16(20-21-17)11-4-8-13-6-2-1-3-7-13/h1-3,5-7,9-10,12H,4,8,11,18H2,(H,19,20,21). The second-order valence-electron chi connectivity index (χ2n) is 5.07. The zero-order valence-corrected chi connectivity index (χ0v) is 11.8. The maximum atomic E-state index is 5.78. The van der Waals surface area contributed by atoms with Crippen LogP contribution in [0.1, 0.15) is 17.8 Å². The van der Waals surface area contributed by atoms with Gasteiger partial charge in [0.05, 0.1) is 0 Å². The first-order valence-corrected chi connectivity index (χ1v) is 7.12. The Morgan fingerprint density at radius 3 is 2.62 bits per heavy atom. The zero-order chi connectivity index (χ0) is 14.5. The van der Waals surface area contributed by atoms with Gasteiger partial charge in [0.15, 0.2) is 5.82 Å². The average molecular weight is 278 g/mol. The summed E-state index contributed by atoms with van der Waals surface area (Å²) in [5.41, 5.74) is 8.81. The van der Waals surface area contributed by atoms with Crippen LogP contribution >= 0.6 is 0 Å². The minimum atomic E-state index is 0.706. The van der Waals surface area contributed by atoms with Crippen molar-refractivity contribution < 1.29 is 0 Å². The number of hydrogen-bond donors (Lipinski definition) is 2. The molecule has 0 amide bonds. The van der Waals surface area contributed by atoms with Crippen LogP contribution in [-0.2, 0) is 12.8 Å². The minimum absolute atomic E-state index is 0.706. The van der Waals surface area contributed by atoms with E-state index in [1.54, 1.807) is 0 Å². The number of nitrogens with zero attached hydrogens (tertiary/aromatic N) is 2. The largest absolute Gasteiger partial charge is 0.399 e. The molecular weight excluding hydrogens is 260 g/mol. The molecule has 0 unspecified atom stereocenters. The number of rotatable bonds is 5. The van der Waals surface area contributed by atoms with E-state index in [0.29, 0.717) is 5.82 Å². The van der Waals surface area contributed by atoms with Crippen molar-refractivity contribution in [2.45, 2.75) is 19.3 Å². The summed E-state index contributed by atoms with van der Waals surface area (Å²) in [4.78, 5) is 4.53. The van der Waals surface area contributed by atoms with Crippen LogP contribution in [0.5, 0.6) is 0 Å². The van der Waals surface area contributed by atoms with Crippen molar-refractivity contribution in [3.63, 3.8) is 0 Å². The van der Waals surface area contributed by atoms with Crippen LogP contribution in [0, 0.1) is 0 Å². The number of anilines is 1. The Labute approximate surface area is 124 Å². The Balaban J connectivity index is 1.60. The first kappa shape index (κ1) is 13.4. The van der Waals surface area contributed by atoms with Crippen LogP contribution in [0.2, 0.25) is 0 Å². The van der Waals surface area contributed by atoms with E-state index in [1.807, 2.05) is 30.3 Å². The number of nitrogens with one attached hydrogen (secondary N) is 1. The third kappa shape index (κ3) is 3.48. The summed E-state index contributed by atoms with van der Waals surface area (Å²) in [5, 5.41) is 7.27. The fourth-order valence-electron chi connectivity index (χ4n) is 2.32. The predicted molar refractivity (Wildman–Crippen MR) is 84.7 cm³/mol. The molecule has 4 heteroatoms. The topological polar surface area (TPSA) is 67.6 Å². The number of nitrogens with two attached hydrogens (primary N) is 1. The van der Waals surface area contributed by atoms with E-state index < -0.39 is 0 Å². The van der Waals surface area contributed by atoms with E-state index in [4.69, 9.17) is 5.73 Å². The molecule has 0 saturated heterocycles. The molecule has 1 heterocycles. The Kier molecular flexibility index (Phi) is 3.96. The van der Waals surface area contributed by atoms with E-state index in [2.05, 4.69) is 39.4 Å². The van der Waals surface area contributed by atoms with E-state index in [1.165, 1.54) is 5.56 Å². The molecular formula is C17H18N4. The van der Waals surface area contributed by atoms with Gasteiger partial charge in [-0.2, -0.15) is 5.10 Å². The zero-order valence-electron chi connectivity index (χ0n) is 11.8. The molecule has 0 aliphatic carbocycles. The Morgan fingerprint density at radius 1 is 0.952 bits per heavy atom. The van der Waals surface area contributed by atoms with Crippen LogP contribution in [-0.4, -0.2) is 15.2 Å². The van der Waals surface area contributed by atoms with Gasteiger partial charge in [0, 0.05) is 17.7 Å². The summed E-state index contributed by atoms with van der Waals surface area (Å²) in [5.74, 6) is 1.63. The van der Waals surface area contributed by atoms with E-state index in [0.717, 1.165) is 36.3 Å². The average Bonchev–Trinajstić information content (AvgIpc) is 2.97. The van der Waals surface area contributed by atoms with Crippen molar-refractivity contribution in [1.29, 1.82) is 0 Å². The third-order valence-corrected chi connectivity index (χ3v) is 3.40. The highest BCUT2D eigenvalue weighted by molar-refractivity contribution is 5.60. The summed E-state index contributed by atoms with van der Waals surface area (Å²) in [7, 11) is 0. The Bertz CT molecular complexity index is 704. The van der Waals surface area contributed by atoms with Crippen molar-refractivity contribution in [3.8, 4) is 11.4 Å². The molecule has 3 rings (SSSR count). The molecule has 3 aromatic rings. The van der Waals surface area contributed by atoms with Gasteiger partial charge in [-0.15, -0.1) is 0 Å². The molecule has 0 aliphatic rings. The van der Waals surface area contributed by atoms with Gasteiger partial charge in [0.25, 0.3) is 0 Å². The fourth-order valence-corrected chi connectivity index (χ4v) is 2.32. The molecule has 0 saturated carbocycles. The number of H-pyrrole nitrogens is 1. The highest BCUT2D eigenvalue weighted by atomic mass is 15.2. The molecule has 21 heavy (non-hydrogen) atoms. The highest BCUT2D eigenvalue weighted by Crippen LogP contribution is 2.17. The monoisotopic (exact) mass is 278 g/mol. The lowest BCUT2D eigenvalue weighted by atomic mass is 10.1. The molecule has 0 fully saturated rings. The minimum Gasteiger partial charge on any atom is -0.399 e. The molecule has 0 bridgehead atoms. The van der Waals surface area contributed by atoms with Crippen molar-refractivity contribution >= 4 is 5.69 Å².